The Morgan fingerprint density at radius 1 is 0.485 bits per heavy atom. The maximum absolute atomic E-state index is 11.8. The SMILES string of the molecule is [2H]C(C)(C)c1cc(-c2ccnc(-c3cc(-c4ccccc4)cc(-c4cccc5c4nc(-c4cc(C(C)(C)C)ccc4O)n5-c4ccc(C(C)(C)C)cc4-c4ccccc4)c3)c2)cc(C([2H])(C)C)c1. The maximum Gasteiger partial charge on any atom is 0.149 e. The largest absolute Gasteiger partial charge is 0.507 e. The second-order valence-corrected chi connectivity index (χ2v) is 20.2. The van der Waals surface area contributed by atoms with Crippen LogP contribution in [0.3, 0.4) is 0 Å². The van der Waals surface area contributed by atoms with Crippen LogP contribution in [-0.2, 0) is 10.8 Å². The zero-order valence-corrected chi connectivity index (χ0v) is 40.0. The van der Waals surface area contributed by atoms with Gasteiger partial charge >= 0.3 is 0 Å². The number of rotatable bonds is 9. The molecule has 0 unspecified atom stereocenters. The first kappa shape index (κ1) is 41.7. The second kappa shape index (κ2) is 17.4. The Bertz CT molecular complexity index is 3290. The van der Waals surface area contributed by atoms with Gasteiger partial charge in [0.15, 0.2) is 0 Å². The molecule has 0 aliphatic heterocycles. The van der Waals surface area contributed by atoms with E-state index in [4.69, 9.17) is 12.7 Å². The van der Waals surface area contributed by atoms with Gasteiger partial charge in [-0.25, -0.2) is 4.98 Å². The number of aromatic nitrogens is 3. The van der Waals surface area contributed by atoms with Gasteiger partial charge in [0.25, 0.3) is 0 Å². The first-order valence-corrected chi connectivity index (χ1v) is 23.0. The van der Waals surface area contributed by atoms with Crippen LogP contribution < -0.4 is 0 Å². The predicted molar refractivity (Wildman–Crippen MR) is 279 cm³/mol. The average molecular weight is 866 g/mol. The molecule has 0 radical (unpaired) electrons. The highest BCUT2D eigenvalue weighted by Gasteiger charge is 2.26. The summed E-state index contributed by atoms with van der Waals surface area (Å²) in [7, 11) is 0. The molecule has 0 aliphatic rings. The molecular formula is C62H61N3O. The Labute approximate surface area is 394 Å². The normalized spacial score (nSPS) is 12.9. The number of phenols is 1. The zero-order chi connectivity index (χ0) is 48.3. The van der Waals surface area contributed by atoms with Crippen molar-refractivity contribution in [1.82, 2.24) is 14.5 Å². The minimum absolute atomic E-state index is 0.0884. The Morgan fingerprint density at radius 3 is 1.70 bits per heavy atom. The minimum Gasteiger partial charge on any atom is -0.507 e. The van der Waals surface area contributed by atoms with Crippen molar-refractivity contribution in [2.45, 2.75) is 91.9 Å². The van der Waals surface area contributed by atoms with Crippen LogP contribution in [0.5, 0.6) is 5.75 Å². The summed E-state index contributed by atoms with van der Waals surface area (Å²) in [5, 5.41) is 11.8. The van der Waals surface area contributed by atoms with Crippen LogP contribution in [0.15, 0.2) is 170 Å². The summed E-state index contributed by atoms with van der Waals surface area (Å²) in [4.78, 5) is 10.6. The fraction of sp³-hybridized carbons (Fsp3) is 0.226. The first-order chi connectivity index (χ1) is 32.1. The molecule has 7 aromatic carbocycles. The molecule has 9 rings (SSSR count). The summed E-state index contributed by atoms with van der Waals surface area (Å²) in [5.74, 6) is -0.866. The number of para-hydroxylation sites is 1. The van der Waals surface area contributed by atoms with Crippen molar-refractivity contribution in [1.29, 1.82) is 0 Å². The van der Waals surface area contributed by atoms with Crippen molar-refractivity contribution in [3.05, 3.63) is 192 Å². The van der Waals surface area contributed by atoms with Crippen LogP contribution in [0.25, 0.3) is 83.9 Å². The lowest BCUT2D eigenvalue weighted by Gasteiger charge is -2.23. The van der Waals surface area contributed by atoms with Crippen molar-refractivity contribution in [2.24, 2.45) is 0 Å². The van der Waals surface area contributed by atoms with Gasteiger partial charge in [-0.05, 0) is 139 Å². The summed E-state index contributed by atoms with van der Waals surface area (Å²) in [6.45, 7) is 20.9. The van der Waals surface area contributed by atoms with Crippen molar-refractivity contribution < 1.29 is 7.85 Å². The molecule has 66 heavy (non-hydrogen) atoms. The second-order valence-electron chi connectivity index (χ2n) is 20.2. The van der Waals surface area contributed by atoms with E-state index in [-0.39, 0.29) is 16.6 Å². The van der Waals surface area contributed by atoms with E-state index in [0.29, 0.717) is 11.4 Å². The standard InChI is InChI=1S/C62H61N3O/c1-39(2)44-30-45(40(3)4)32-47(31-44)43-28-29-63-55(36-43)49-34-46(41-18-13-11-14-19-41)33-48(35-49)52-22-17-23-57-59(52)64-60(54-38-51(62(8,9)10)25-27-58(54)66)65(57)56-26-24-50(61(5,6)7)37-53(56)42-20-15-12-16-21-42/h11-40,66H,1-10H3/i39D,40D. The number of hydrogen-bond donors (Lipinski definition) is 1. The topological polar surface area (TPSA) is 50.9 Å². The third-order valence-electron chi connectivity index (χ3n) is 12.8. The number of aromatic hydroxyl groups is 1. The molecule has 4 nitrogen and oxygen atoms in total. The van der Waals surface area contributed by atoms with Crippen LogP contribution >= 0.6 is 0 Å². The fourth-order valence-electron chi connectivity index (χ4n) is 8.85. The van der Waals surface area contributed by atoms with Crippen LogP contribution in [-0.4, -0.2) is 19.6 Å². The predicted octanol–water partition coefficient (Wildman–Crippen LogP) is 17.0. The van der Waals surface area contributed by atoms with E-state index in [0.717, 1.165) is 89.2 Å². The van der Waals surface area contributed by atoms with Gasteiger partial charge in [-0.15, -0.1) is 0 Å². The molecule has 2 aromatic heterocycles. The van der Waals surface area contributed by atoms with Gasteiger partial charge in [0.2, 0.25) is 0 Å². The van der Waals surface area contributed by atoms with Gasteiger partial charge in [-0.3, -0.25) is 9.55 Å². The van der Waals surface area contributed by atoms with E-state index in [1.807, 2.05) is 64.2 Å². The molecule has 0 aliphatic carbocycles. The molecule has 0 bridgehead atoms. The van der Waals surface area contributed by atoms with Crippen LogP contribution in [0.1, 0.15) is 106 Å². The van der Waals surface area contributed by atoms with Gasteiger partial charge < -0.3 is 5.11 Å². The number of nitrogens with zero attached hydrogens (tertiary/aromatic N) is 3. The van der Waals surface area contributed by atoms with Crippen molar-refractivity contribution in [3.63, 3.8) is 0 Å². The van der Waals surface area contributed by atoms with Gasteiger partial charge in [0, 0.05) is 25.6 Å². The van der Waals surface area contributed by atoms with Crippen molar-refractivity contribution in [3.8, 4) is 78.6 Å². The smallest absolute Gasteiger partial charge is 0.149 e. The molecule has 1 N–H and O–H groups in total. The van der Waals surface area contributed by atoms with Gasteiger partial charge in [0.1, 0.15) is 11.6 Å². The number of benzene rings is 7. The van der Waals surface area contributed by atoms with Crippen molar-refractivity contribution >= 4 is 11.0 Å². The van der Waals surface area contributed by atoms with E-state index in [1.54, 1.807) is 6.07 Å². The molecule has 0 saturated carbocycles. The van der Waals surface area contributed by atoms with Crippen LogP contribution in [0.2, 0.25) is 0 Å². The van der Waals surface area contributed by atoms with E-state index < -0.39 is 11.8 Å². The lowest BCUT2D eigenvalue weighted by atomic mass is 9.84. The van der Waals surface area contributed by atoms with Gasteiger partial charge in [-0.1, -0.05) is 172 Å². The summed E-state index contributed by atoms with van der Waals surface area (Å²) >= 11 is 0. The Kier molecular flexibility index (Phi) is 11.0. The quantitative estimate of drug-likeness (QED) is 0.157. The van der Waals surface area contributed by atoms with Crippen molar-refractivity contribution in [2.75, 3.05) is 0 Å². The summed E-state index contributed by atoms with van der Waals surface area (Å²) in [6.07, 6.45) is 1.85. The molecule has 0 amide bonds. The molecule has 0 atom stereocenters. The molecule has 9 aromatic rings. The number of hydrogen-bond acceptors (Lipinski definition) is 3. The third-order valence-corrected chi connectivity index (χ3v) is 12.8. The number of fused-ring (bicyclic) bond motifs is 1. The van der Waals surface area contributed by atoms with E-state index in [1.165, 1.54) is 5.56 Å². The zero-order valence-electron chi connectivity index (χ0n) is 42.0. The maximum atomic E-state index is 11.8. The molecule has 0 fully saturated rings. The molecular weight excluding hydrogens is 803 g/mol. The summed E-state index contributed by atoms with van der Waals surface area (Å²) < 4.78 is 20.1. The Morgan fingerprint density at radius 2 is 1.06 bits per heavy atom. The number of imidazole rings is 1. The van der Waals surface area contributed by atoms with Crippen LogP contribution in [0.4, 0.5) is 0 Å². The molecule has 0 saturated heterocycles. The molecule has 2 heterocycles. The highest BCUT2D eigenvalue weighted by molar-refractivity contribution is 5.98. The lowest BCUT2D eigenvalue weighted by molar-refractivity contribution is 0.475. The van der Waals surface area contributed by atoms with Crippen LogP contribution in [0, 0.1) is 0 Å². The Balaban J connectivity index is 1.31. The van der Waals surface area contributed by atoms with Gasteiger partial charge in [-0.2, -0.15) is 0 Å². The highest BCUT2D eigenvalue weighted by Crippen LogP contribution is 2.44. The molecule has 330 valence electrons. The number of pyridine rings is 1. The van der Waals surface area contributed by atoms with E-state index in [2.05, 4.69) is 174 Å². The Hall–Kier alpha value is -7.04. The monoisotopic (exact) mass is 865 g/mol. The fourth-order valence-corrected chi connectivity index (χ4v) is 8.85. The van der Waals surface area contributed by atoms with E-state index >= 15 is 0 Å². The minimum atomic E-state index is -0.841. The first-order valence-electron chi connectivity index (χ1n) is 24.0. The third kappa shape index (κ3) is 8.73. The molecule has 0 spiro atoms. The summed E-state index contributed by atoms with van der Waals surface area (Å²) in [5.41, 5.74) is 17.0. The van der Waals surface area contributed by atoms with Gasteiger partial charge in [0.05, 0.1) is 28.0 Å². The van der Waals surface area contributed by atoms with E-state index in [9.17, 15) is 5.11 Å². The summed E-state index contributed by atoms with van der Waals surface area (Å²) in [6, 6.07) is 57.0. The lowest BCUT2D eigenvalue weighted by Crippen LogP contribution is -2.12. The number of phenolic OH excluding ortho intramolecular Hbond substituents is 1. The highest BCUT2D eigenvalue weighted by atomic mass is 16.3. The molecule has 4 heteroatoms. The average Bonchev–Trinajstić information content (AvgIpc) is 3.70.